The third-order valence-electron chi connectivity index (χ3n) is 5.95. The second kappa shape index (κ2) is 9.12. The summed E-state index contributed by atoms with van der Waals surface area (Å²) in [6.07, 6.45) is 4.35. The van der Waals surface area contributed by atoms with Crippen LogP contribution in [0.2, 0.25) is 0 Å². The molecule has 1 atom stereocenters. The molecule has 0 bridgehead atoms. The van der Waals surface area contributed by atoms with Crippen molar-refractivity contribution in [3.8, 4) is 22.6 Å². The van der Waals surface area contributed by atoms with Crippen LogP contribution in [-0.2, 0) is 6.42 Å². The summed E-state index contributed by atoms with van der Waals surface area (Å²) < 4.78 is 46.6. The van der Waals surface area contributed by atoms with E-state index in [4.69, 9.17) is 4.42 Å². The molecule has 1 N–H and O–H groups in total. The van der Waals surface area contributed by atoms with Crippen molar-refractivity contribution in [2.45, 2.75) is 31.7 Å². The Labute approximate surface area is 192 Å². The van der Waals surface area contributed by atoms with Crippen molar-refractivity contribution in [3.05, 3.63) is 77.7 Å². The van der Waals surface area contributed by atoms with Crippen LogP contribution in [0.25, 0.3) is 22.6 Å². The SMILES string of the molecule is O=C(c1n[nH]cc1-c1ccc(F)cc1)N1CCCCC1Cc1nnc(-c2cccc(F)c2F)o1. The summed E-state index contributed by atoms with van der Waals surface area (Å²) in [6.45, 7) is 0.527. The van der Waals surface area contributed by atoms with Crippen LogP contribution in [0.15, 0.2) is 53.1 Å². The van der Waals surface area contributed by atoms with Crippen LogP contribution in [0, 0.1) is 17.5 Å². The van der Waals surface area contributed by atoms with Gasteiger partial charge in [-0.2, -0.15) is 5.10 Å². The molecule has 1 unspecified atom stereocenters. The molecule has 10 heteroatoms. The minimum atomic E-state index is -1.06. The Morgan fingerprint density at radius 1 is 1.06 bits per heavy atom. The first kappa shape index (κ1) is 21.9. The van der Waals surface area contributed by atoms with E-state index in [0.717, 1.165) is 18.9 Å². The fraction of sp³-hybridized carbons (Fsp3) is 0.250. The molecule has 34 heavy (non-hydrogen) atoms. The number of hydrogen-bond acceptors (Lipinski definition) is 5. The lowest BCUT2D eigenvalue weighted by molar-refractivity contribution is 0.0600. The Morgan fingerprint density at radius 2 is 1.88 bits per heavy atom. The number of halogens is 3. The predicted molar refractivity (Wildman–Crippen MR) is 116 cm³/mol. The van der Waals surface area contributed by atoms with Gasteiger partial charge in [-0.15, -0.1) is 10.2 Å². The van der Waals surface area contributed by atoms with Gasteiger partial charge >= 0.3 is 0 Å². The molecule has 7 nitrogen and oxygen atoms in total. The first-order chi connectivity index (χ1) is 16.5. The van der Waals surface area contributed by atoms with Crippen LogP contribution < -0.4 is 0 Å². The molecular weight excluding hydrogens is 447 g/mol. The molecule has 1 aliphatic heterocycles. The third-order valence-corrected chi connectivity index (χ3v) is 5.95. The minimum Gasteiger partial charge on any atom is -0.421 e. The van der Waals surface area contributed by atoms with Gasteiger partial charge in [-0.05, 0) is 49.1 Å². The normalized spacial score (nSPS) is 16.1. The number of piperidine rings is 1. The van der Waals surface area contributed by atoms with Gasteiger partial charge in [-0.1, -0.05) is 18.2 Å². The Balaban J connectivity index is 1.37. The molecule has 5 rings (SSSR count). The van der Waals surface area contributed by atoms with Crippen molar-refractivity contribution in [1.82, 2.24) is 25.3 Å². The number of aromatic nitrogens is 4. The molecule has 0 saturated carbocycles. The quantitative estimate of drug-likeness (QED) is 0.456. The molecule has 1 fully saturated rings. The van der Waals surface area contributed by atoms with Gasteiger partial charge in [0.2, 0.25) is 5.89 Å². The summed E-state index contributed by atoms with van der Waals surface area (Å²) in [7, 11) is 0. The second-order valence-electron chi connectivity index (χ2n) is 8.11. The van der Waals surface area contributed by atoms with Crippen LogP contribution in [-0.4, -0.2) is 43.8 Å². The van der Waals surface area contributed by atoms with Crippen molar-refractivity contribution >= 4 is 5.91 Å². The number of likely N-dealkylation sites (tertiary alicyclic amines) is 1. The molecule has 4 aromatic rings. The van der Waals surface area contributed by atoms with Gasteiger partial charge in [0.15, 0.2) is 17.3 Å². The molecule has 0 radical (unpaired) electrons. The number of aromatic amines is 1. The molecule has 174 valence electrons. The second-order valence-corrected chi connectivity index (χ2v) is 8.11. The maximum Gasteiger partial charge on any atom is 0.275 e. The monoisotopic (exact) mass is 467 g/mol. The number of H-pyrrole nitrogens is 1. The zero-order chi connectivity index (χ0) is 23.7. The van der Waals surface area contributed by atoms with E-state index in [9.17, 15) is 18.0 Å². The Morgan fingerprint density at radius 3 is 2.71 bits per heavy atom. The van der Waals surface area contributed by atoms with E-state index < -0.39 is 11.6 Å². The predicted octanol–water partition coefficient (Wildman–Crippen LogP) is 4.78. The standard InChI is InChI=1S/C24H20F3N5O2/c25-15-9-7-14(8-10-15)18-13-28-30-22(18)24(33)32-11-2-1-4-16(32)12-20-29-31-23(34-20)17-5-3-6-19(26)21(17)27/h3,5-10,13,16H,1-2,4,11-12H2,(H,28,30). The molecule has 0 spiro atoms. The van der Waals surface area contributed by atoms with Gasteiger partial charge in [-0.25, -0.2) is 13.2 Å². The average Bonchev–Trinajstić information content (AvgIpc) is 3.51. The fourth-order valence-electron chi connectivity index (χ4n) is 4.23. The summed E-state index contributed by atoms with van der Waals surface area (Å²) in [5, 5.41) is 14.7. The lowest BCUT2D eigenvalue weighted by Crippen LogP contribution is -2.45. The first-order valence-electron chi connectivity index (χ1n) is 10.9. The zero-order valence-electron chi connectivity index (χ0n) is 18.0. The number of amides is 1. The van der Waals surface area contributed by atoms with Crippen LogP contribution in [0.4, 0.5) is 13.2 Å². The molecule has 1 amide bonds. The van der Waals surface area contributed by atoms with Gasteiger partial charge in [0, 0.05) is 30.8 Å². The number of rotatable bonds is 5. The maximum absolute atomic E-state index is 14.1. The van der Waals surface area contributed by atoms with E-state index in [1.165, 1.54) is 24.3 Å². The van der Waals surface area contributed by atoms with E-state index in [0.29, 0.717) is 24.1 Å². The van der Waals surface area contributed by atoms with E-state index in [1.54, 1.807) is 23.2 Å². The van der Waals surface area contributed by atoms with Crippen LogP contribution >= 0.6 is 0 Å². The molecule has 0 aliphatic carbocycles. The fourth-order valence-corrected chi connectivity index (χ4v) is 4.23. The van der Waals surface area contributed by atoms with E-state index in [1.807, 2.05) is 0 Å². The van der Waals surface area contributed by atoms with Crippen LogP contribution in [0.1, 0.15) is 35.6 Å². The minimum absolute atomic E-state index is 0.115. The number of nitrogens with one attached hydrogen (secondary N) is 1. The number of benzene rings is 2. The summed E-state index contributed by atoms with van der Waals surface area (Å²) in [5.74, 6) is -2.58. The zero-order valence-corrected chi connectivity index (χ0v) is 18.0. The molecule has 3 heterocycles. The highest BCUT2D eigenvalue weighted by Gasteiger charge is 2.32. The Kier molecular flexibility index (Phi) is 5.87. The van der Waals surface area contributed by atoms with Gasteiger partial charge in [0.1, 0.15) is 5.82 Å². The number of carbonyl (C=O) groups excluding carboxylic acids is 1. The summed E-state index contributed by atoms with van der Waals surface area (Å²) in [6, 6.07) is 9.35. The number of hydrogen-bond donors (Lipinski definition) is 1. The number of carbonyl (C=O) groups is 1. The van der Waals surface area contributed by atoms with Gasteiger partial charge in [-0.3, -0.25) is 9.89 Å². The molecule has 1 aliphatic rings. The molecule has 1 saturated heterocycles. The molecular formula is C24H20F3N5O2. The molecule has 2 aromatic carbocycles. The average molecular weight is 467 g/mol. The van der Waals surface area contributed by atoms with Crippen molar-refractivity contribution < 1.29 is 22.4 Å². The smallest absolute Gasteiger partial charge is 0.275 e. The first-order valence-corrected chi connectivity index (χ1v) is 10.9. The van der Waals surface area contributed by atoms with Gasteiger partial charge < -0.3 is 9.32 Å². The lowest BCUT2D eigenvalue weighted by Gasteiger charge is -2.34. The maximum atomic E-state index is 14.1. The number of nitrogens with zero attached hydrogens (tertiary/aromatic N) is 4. The van der Waals surface area contributed by atoms with Crippen LogP contribution in [0.5, 0.6) is 0 Å². The van der Waals surface area contributed by atoms with Crippen molar-refractivity contribution in [2.24, 2.45) is 0 Å². The van der Waals surface area contributed by atoms with Crippen LogP contribution in [0.3, 0.4) is 0 Å². The highest BCUT2D eigenvalue weighted by atomic mass is 19.2. The summed E-state index contributed by atoms with van der Waals surface area (Å²) >= 11 is 0. The highest BCUT2D eigenvalue weighted by molar-refractivity contribution is 5.99. The molecule has 2 aromatic heterocycles. The third kappa shape index (κ3) is 4.18. The van der Waals surface area contributed by atoms with E-state index in [2.05, 4.69) is 20.4 Å². The summed E-state index contributed by atoms with van der Waals surface area (Å²) in [5.41, 5.74) is 1.38. The van der Waals surface area contributed by atoms with Gasteiger partial charge in [0.05, 0.1) is 5.56 Å². The van der Waals surface area contributed by atoms with E-state index >= 15 is 0 Å². The summed E-state index contributed by atoms with van der Waals surface area (Å²) in [4.78, 5) is 15.2. The Hall–Kier alpha value is -3.95. The topological polar surface area (TPSA) is 87.9 Å². The largest absolute Gasteiger partial charge is 0.421 e. The van der Waals surface area contributed by atoms with E-state index in [-0.39, 0.29) is 47.2 Å². The lowest BCUT2D eigenvalue weighted by atomic mass is 9.97. The van der Waals surface area contributed by atoms with Crippen molar-refractivity contribution in [3.63, 3.8) is 0 Å². The van der Waals surface area contributed by atoms with Crippen molar-refractivity contribution in [2.75, 3.05) is 6.54 Å². The Bertz CT molecular complexity index is 1320. The highest BCUT2D eigenvalue weighted by Crippen LogP contribution is 2.28. The van der Waals surface area contributed by atoms with Crippen molar-refractivity contribution in [1.29, 1.82) is 0 Å². The van der Waals surface area contributed by atoms with Gasteiger partial charge in [0.25, 0.3) is 11.8 Å².